The third-order valence-electron chi connectivity index (χ3n) is 5.61. The quantitative estimate of drug-likeness (QED) is 0.698. The molecule has 2 aromatic carbocycles. The molecule has 0 aliphatic heterocycles. The third kappa shape index (κ3) is 1.86. The number of aromatic nitrogens is 1. The summed E-state index contributed by atoms with van der Waals surface area (Å²) in [5, 5.41) is 19.6. The average molecular weight is 338 g/mol. The summed E-state index contributed by atoms with van der Waals surface area (Å²) in [7, 11) is 0. The van der Waals surface area contributed by atoms with Crippen LogP contribution in [0.4, 0.5) is 0 Å². The molecule has 1 saturated carbocycles. The van der Waals surface area contributed by atoms with Crippen molar-refractivity contribution in [1.29, 1.82) is 5.41 Å². The molecular formula is C23H18N2O. The van der Waals surface area contributed by atoms with Gasteiger partial charge in [0.1, 0.15) is 6.10 Å². The summed E-state index contributed by atoms with van der Waals surface area (Å²) in [5.41, 5.74) is 5.79. The van der Waals surface area contributed by atoms with E-state index in [-0.39, 0.29) is 0 Å². The van der Waals surface area contributed by atoms with E-state index in [0.29, 0.717) is 12.1 Å². The summed E-state index contributed by atoms with van der Waals surface area (Å²) in [5.74, 6) is 0. The molecule has 0 radical (unpaired) electrons. The first-order valence-corrected chi connectivity index (χ1v) is 8.80. The smallest absolute Gasteiger partial charge is 0.109 e. The number of fused-ring (bicyclic) bond motifs is 5. The van der Waals surface area contributed by atoms with Crippen molar-refractivity contribution in [3.8, 4) is 11.3 Å². The van der Waals surface area contributed by atoms with Gasteiger partial charge in [0, 0.05) is 23.9 Å². The first-order valence-electron chi connectivity index (χ1n) is 8.80. The van der Waals surface area contributed by atoms with Crippen LogP contribution in [0.1, 0.15) is 23.1 Å². The number of pyridine rings is 1. The Labute approximate surface area is 152 Å². The van der Waals surface area contributed by atoms with Crippen molar-refractivity contribution < 1.29 is 5.11 Å². The van der Waals surface area contributed by atoms with E-state index in [0.717, 1.165) is 33.5 Å². The van der Waals surface area contributed by atoms with Crippen LogP contribution in [0.5, 0.6) is 0 Å². The number of nitrogens with one attached hydrogen (secondary N) is 1. The van der Waals surface area contributed by atoms with Crippen molar-refractivity contribution in [2.75, 3.05) is 0 Å². The Bertz CT molecular complexity index is 1010. The van der Waals surface area contributed by atoms with Gasteiger partial charge < -0.3 is 10.5 Å². The van der Waals surface area contributed by atoms with Gasteiger partial charge in [-0.2, -0.15) is 0 Å². The monoisotopic (exact) mass is 338 g/mol. The lowest BCUT2D eigenvalue weighted by Gasteiger charge is -2.32. The summed E-state index contributed by atoms with van der Waals surface area (Å²) >= 11 is 0. The van der Waals surface area contributed by atoms with E-state index in [1.54, 1.807) is 6.20 Å². The molecule has 1 heterocycles. The van der Waals surface area contributed by atoms with Crippen molar-refractivity contribution in [3.63, 3.8) is 0 Å². The lowest BCUT2D eigenvalue weighted by Crippen LogP contribution is -2.38. The molecule has 0 saturated heterocycles. The van der Waals surface area contributed by atoms with Crippen molar-refractivity contribution in [3.05, 3.63) is 95.2 Å². The highest BCUT2D eigenvalue weighted by Gasteiger charge is 2.56. The van der Waals surface area contributed by atoms with Crippen LogP contribution in [-0.4, -0.2) is 21.9 Å². The lowest BCUT2D eigenvalue weighted by molar-refractivity contribution is 0.196. The number of benzene rings is 2. The van der Waals surface area contributed by atoms with Crippen molar-refractivity contribution in [2.24, 2.45) is 0 Å². The van der Waals surface area contributed by atoms with E-state index in [1.165, 1.54) is 0 Å². The summed E-state index contributed by atoms with van der Waals surface area (Å²) in [6.07, 6.45) is 3.52. The molecule has 1 spiro atoms. The molecule has 1 fully saturated rings. The Morgan fingerprint density at radius 3 is 2.54 bits per heavy atom. The first-order chi connectivity index (χ1) is 12.7. The SMILES string of the molecule is N=C1CC(=Cc2ccccc2)C2(c3ccccc3-c3ncccc32)C1O. The molecule has 3 nitrogen and oxygen atoms in total. The van der Waals surface area contributed by atoms with E-state index < -0.39 is 11.5 Å². The Morgan fingerprint density at radius 2 is 1.69 bits per heavy atom. The van der Waals surface area contributed by atoms with Gasteiger partial charge in [-0.25, -0.2) is 0 Å². The van der Waals surface area contributed by atoms with Gasteiger partial charge in [0.25, 0.3) is 0 Å². The molecule has 2 atom stereocenters. The van der Waals surface area contributed by atoms with Crippen molar-refractivity contribution in [1.82, 2.24) is 4.98 Å². The molecule has 26 heavy (non-hydrogen) atoms. The van der Waals surface area contributed by atoms with Crippen LogP contribution in [0.3, 0.4) is 0 Å². The number of rotatable bonds is 1. The summed E-state index contributed by atoms with van der Waals surface area (Å²) in [6.45, 7) is 0. The van der Waals surface area contributed by atoms with E-state index in [2.05, 4.69) is 35.3 Å². The molecule has 2 unspecified atom stereocenters. The van der Waals surface area contributed by atoms with Gasteiger partial charge in [-0.1, -0.05) is 66.7 Å². The fourth-order valence-corrected chi connectivity index (χ4v) is 4.55. The van der Waals surface area contributed by atoms with Gasteiger partial charge in [-0.05, 0) is 28.3 Å². The van der Waals surface area contributed by atoms with Gasteiger partial charge in [-0.15, -0.1) is 0 Å². The lowest BCUT2D eigenvalue weighted by atomic mass is 9.72. The Kier molecular flexibility index (Phi) is 3.21. The Balaban J connectivity index is 1.85. The van der Waals surface area contributed by atoms with Crippen molar-refractivity contribution in [2.45, 2.75) is 17.9 Å². The zero-order valence-corrected chi connectivity index (χ0v) is 14.2. The third-order valence-corrected chi connectivity index (χ3v) is 5.61. The summed E-state index contributed by atoms with van der Waals surface area (Å²) in [6, 6.07) is 22.2. The molecule has 5 rings (SSSR count). The van der Waals surface area contributed by atoms with E-state index >= 15 is 0 Å². The predicted molar refractivity (Wildman–Crippen MR) is 103 cm³/mol. The first kappa shape index (κ1) is 15.2. The fourth-order valence-electron chi connectivity index (χ4n) is 4.55. The van der Waals surface area contributed by atoms with Crippen molar-refractivity contribution >= 4 is 11.8 Å². The Morgan fingerprint density at radius 1 is 0.962 bits per heavy atom. The highest BCUT2D eigenvalue weighted by Crippen LogP contribution is 2.58. The molecule has 2 aliphatic carbocycles. The average Bonchev–Trinajstić information content (AvgIpc) is 3.12. The van der Waals surface area contributed by atoms with E-state index in [1.807, 2.05) is 42.5 Å². The maximum atomic E-state index is 11.2. The molecule has 2 aliphatic rings. The number of aliphatic hydroxyl groups is 1. The zero-order chi connectivity index (χ0) is 17.7. The minimum Gasteiger partial charge on any atom is -0.386 e. The largest absolute Gasteiger partial charge is 0.386 e. The maximum Gasteiger partial charge on any atom is 0.109 e. The van der Waals surface area contributed by atoms with Crippen LogP contribution < -0.4 is 0 Å². The van der Waals surface area contributed by atoms with Gasteiger partial charge in [0.15, 0.2) is 0 Å². The molecule has 0 bridgehead atoms. The second-order valence-corrected chi connectivity index (χ2v) is 6.94. The number of aliphatic hydroxyl groups excluding tert-OH is 1. The summed E-state index contributed by atoms with van der Waals surface area (Å²) in [4.78, 5) is 4.61. The van der Waals surface area contributed by atoms with Gasteiger partial charge in [0.05, 0.1) is 11.1 Å². The van der Waals surface area contributed by atoms with Gasteiger partial charge in [-0.3, -0.25) is 4.98 Å². The van der Waals surface area contributed by atoms with E-state index in [9.17, 15) is 5.11 Å². The van der Waals surface area contributed by atoms with Gasteiger partial charge >= 0.3 is 0 Å². The molecule has 3 aromatic rings. The number of nitrogens with zero attached hydrogens (tertiary/aromatic N) is 1. The zero-order valence-electron chi connectivity index (χ0n) is 14.2. The highest BCUT2D eigenvalue weighted by molar-refractivity contribution is 6.01. The number of hydrogen-bond acceptors (Lipinski definition) is 3. The van der Waals surface area contributed by atoms with E-state index in [4.69, 9.17) is 5.41 Å². The van der Waals surface area contributed by atoms with Gasteiger partial charge in [0.2, 0.25) is 0 Å². The van der Waals surface area contributed by atoms with Crippen LogP contribution >= 0.6 is 0 Å². The topological polar surface area (TPSA) is 57.0 Å². The van der Waals surface area contributed by atoms with Crippen LogP contribution in [0.15, 0.2) is 78.5 Å². The molecule has 0 amide bonds. The number of hydrogen-bond donors (Lipinski definition) is 2. The second kappa shape index (κ2) is 5.48. The second-order valence-electron chi connectivity index (χ2n) is 6.94. The molecule has 126 valence electrons. The molecule has 3 heteroatoms. The predicted octanol–water partition coefficient (Wildman–Crippen LogP) is 4.22. The molecular weight excluding hydrogens is 320 g/mol. The van der Waals surface area contributed by atoms with Crippen LogP contribution in [0.25, 0.3) is 17.3 Å². The van der Waals surface area contributed by atoms with Crippen LogP contribution in [0.2, 0.25) is 0 Å². The highest BCUT2D eigenvalue weighted by atomic mass is 16.3. The van der Waals surface area contributed by atoms with Crippen LogP contribution in [0, 0.1) is 5.41 Å². The standard InChI is InChI=1S/C23H18N2O/c24-20-14-16(13-15-7-2-1-3-8-15)23(22(20)26)18-10-5-4-9-17(18)21-19(23)11-6-12-25-21/h1-13,22,24,26H,14H2. The van der Waals surface area contributed by atoms with Crippen LogP contribution in [-0.2, 0) is 5.41 Å². The molecule has 2 N–H and O–H groups in total. The summed E-state index contributed by atoms with van der Waals surface area (Å²) < 4.78 is 0. The maximum absolute atomic E-state index is 11.2. The minimum atomic E-state index is -0.871. The Hall–Kier alpha value is -3.04. The fraction of sp³-hybridized carbons (Fsp3) is 0.130. The molecule has 1 aromatic heterocycles. The normalized spacial score (nSPS) is 24.9. The minimum absolute atomic E-state index is 0.360.